The number of alkyl carbamates (subject to hydrolysis) is 1. The number of fused-ring (bicyclic) bond motifs is 1. The zero-order chi connectivity index (χ0) is 22.7. The fourth-order valence-electron chi connectivity index (χ4n) is 3.85. The molecule has 0 unspecified atom stereocenters. The molecule has 1 atom stereocenters. The first-order valence-electron chi connectivity index (χ1n) is 10.3. The fourth-order valence-corrected chi connectivity index (χ4v) is 4.57. The largest absolute Gasteiger partial charge is 0.490 e. The Labute approximate surface area is 193 Å². The molecule has 0 radical (unpaired) electrons. The molecule has 4 rings (SSSR count). The highest BCUT2D eigenvalue weighted by Gasteiger charge is 2.30. The monoisotopic (exact) mass is 507 g/mol. The van der Waals surface area contributed by atoms with Crippen molar-refractivity contribution in [2.24, 2.45) is 0 Å². The van der Waals surface area contributed by atoms with Crippen LogP contribution in [0.4, 0.5) is 19.7 Å². The van der Waals surface area contributed by atoms with Crippen molar-refractivity contribution in [3.05, 3.63) is 57.8 Å². The summed E-state index contributed by atoms with van der Waals surface area (Å²) in [5.41, 5.74) is 1.88. The summed E-state index contributed by atoms with van der Waals surface area (Å²) in [5, 5.41) is 11.8. The molecule has 32 heavy (non-hydrogen) atoms. The molecule has 2 amide bonds. The van der Waals surface area contributed by atoms with E-state index in [1.54, 1.807) is 0 Å². The Morgan fingerprint density at radius 1 is 1.22 bits per heavy atom. The fraction of sp³-hybridized carbons (Fsp3) is 0.364. The highest BCUT2D eigenvalue weighted by Crippen LogP contribution is 2.42. The first-order valence-corrected chi connectivity index (χ1v) is 11.1. The Morgan fingerprint density at radius 2 is 1.94 bits per heavy atom. The van der Waals surface area contributed by atoms with Crippen LogP contribution in [0.5, 0.6) is 5.75 Å². The van der Waals surface area contributed by atoms with Crippen molar-refractivity contribution >= 4 is 33.8 Å². The van der Waals surface area contributed by atoms with Crippen LogP contribution in [0.15, 0.2) is 40.9 Å². The third-order valence-electron chi connectivity index (χ3n) is 5.56. The average Bonchev–Trinajstić information content (AvgIpc) is 2.81. The van der Waals surface area contributed by atoms with Gasteiger partial charge in [0.25, 0.3) is 0 Å². The molecule has 2 aromatic rings. The number of carbonyl (C=O) groups excluding carboxylic acids is 1. The smallest absolute Gasteiger partial charge is 0.407 e. The number of anilines is 1. The summed E-state index contributed by atoms with van der Waals surface area (Å²) in [6, 6.07) is 10.3. The van der Waals surface area contributed by atoms with E-state index < -0.39 is 24.0 Å². The summed E-state index contributed by atoms with van der Waals surface area (Å²) < 4.78 is 26.7. The van der Waals surface area contributed by atoms with E-state index in [4.69, 9.17) is 14.6 Å². The zero-order valence-electron chi connectivity index (χ0n) is 17.2. The average molecular weight is 508 g/mol. The van der Waals surface area contributed by atoms with Crippen LogP contribution in [0, 0.1) is 5.82 Å². The van der Waals surface area contributed by atoms with Gasteiger partial charge in [-0.2, -0.15) is 0 Å². The minimum Gasteiger partial charge on any atom is -0.490 e. The number of amides is 2. The van der Waals surface area contributed by atoms with E-state index in [9.17, 15) is 14.0 Å². The van der Waals surface area contributed by atoms with Gasteiger partial charge in [-0.05, 0) is 27.6 Å². The predicted molar refractivity (Wildman–Crippen MR) is 119 cm³/mol. The SMILES string of the molecule is O=C(N[C@@H]1COc2c(Br)c(N3CCN(C(=O)O)CC3)cc(F)c2C1)OCc1ccccc1. The molecular weight excluding hydrogens is 485 g/mol. The van der Waals surface area contributed by atoms with Crippen LogP contribution in [-0.4, -0.2) is 61.0 Å². The number of ether oxygens (including phenoxy) is 2. The summed E-state index contributed by atoms with van der Waals surface area (Å²) in [5.74, 6) is -0.0145. The van der Waals surface area contributed by atoms with Gasteiger partial charge in [0.15, 0.2) is 0 Å². The molecule has 0 aliphatic carbocycles. The van der Waals surface area contributed by atoms with Crippen LogP contribution < -0.4 is 15.0 Å². The van der Waals surface area contributed by atoms with Gasteiger partial charge in [-0.25, -0.2) is 14.0 Å². The number of nitrogens with one attached hydrogen (secondary N) is 1. The standard InChI is InChI=1S/C22H23BrFN3O5/c23-19-18(26-6-8-27(9-7-26)22(29)30)11-17(24)16-10-15(13-31-20(16)19)25-21(28)32-12-14-4-2-1-3-5-14/h1-5,11,15H,6-10,12-13H2,(H,25,28)(H,29,30)/t15-/m0/s1. The number of carbonyl (C=O) groups is 2. The number of rotatable bonds is 4. The van der Waals surface area contributed by atoms with Crippen LogP contribution in [0.1, 0.15) is 11.1 Å². The predicted octanol–water partition coefficient (Wildman–Crippen LogP) is 3.62. The van der Waals surface area contributed by atoms with Gasteiger partial charge < -0.3 is 29.7 Å². The molecule has 0 saturated carbocycles. The minimum atomic E-state index is -0.954. The van der Waals surface area contributed by atoms with E-state index in [1.165, 1.54) is 11.0 Å². The maximum atomic E-state index is 15.0. The topological polar surface area (TPSA) is 91.3 Å². The molecule has 2 aromatic carbocycles. The van der Waals surface area contributed by atoms with Gasteiger partial charge in [-0.3, -0.25) is 0 Å². The van der Waals surface area contributed by atoms with Crippen LogP contribution >= 0.6 is 15.9 Å². The van der Waals surface area contributed by atoms with Gasteiger partial charge in [-0.15, -0.1) is 0 Å². The molecule has 2 heterocycles. The molecule has 2 aliphatic heterocycles. The Morgan fingerprint density at radius 3 is 2.62 bits per heavy atom. The molecule has 10 heteroatoms. The molecule has 0 spiro atoms. The van der Waals surface area contributed by atoms with Crippen molar-refractivity contribution in [2.75, 3.05) is 37.7 Å². The molecule has 170 valence electrons. The van der Waals surface area contributed by atoms with E-state index in [0.717, 1.165) is 5.56 Å². The van der Waals surface area contributed by atoms with Crippen LogP contribution in [-0.2, 0) is 17.8 Å². The summed E-state index contributed by atoms with van der Waals surface area (Å²) in [4.78, 5) is 26.5. The Balaban J connectivity index is 1.39. The number of hydrogen-bond donors (Lipinski definition) is 2. The third kappa shape index (κ3) is 4.90. The zero-order valence-corrected chi connectivity index (χ0v) is 18.8. The van der Waals surface area contributed by atoms with E-state index in [-0.39, 0.29) is 19.6 Å². The Hall–Kier alpha value is -3.01. The maximum absolute atomic E-state index is 15.0. The van der Waals surface area contributed by atoms with Crippen molar-refractivity contribution in [1.82, 2.24) is 10.2 Å². The Bertz CT molecular complexity index is 999. The quantitative estimate of drug-likeness (QED) is 0.656. The molecular formula is C22H23BrFN3O5. The summed E-state index contributed by atoms with van der Waals surface area (Å²) in [6.07, 6.45) is -1.27. The number of piperazine rings is 1. The van der Waals surface area contributed by atoms with E-state index in [1.807, 2.05) is 35.2 Å². The molecule has 8 nitrogen and oxygen atoms in total. The van der Waals surface area contributed by atoms with Gasteiger partial charge in [0, 0.05) is 38.2 Å². The Kier molecular flexibility index (Phi) is 6.69. The number of benzene rings is 2. The summed E-state index contributed by atoms with van der Waals surface area (Å²) in [7, 11) is 0. The lowest BCUT2D eigenvalue weighted by atomic mass is 10.0. The molecule has 1 fully saturated rings. The third-order valence-corrected chi connectivity index (χ3v) is 6.32. The van der Waals surface area contributed by atoms with Gasteiger partial charge in [-0.1, -0.05) is 30.3 Å². The lowest BCUT2D eigenvalue weighted by Crippen LogP contribution is -2.48. The van der Waals surface area contributed by atoms with Gasteiger partial charge in [0.2, 0.25) is 0 Å². The van der Waals surface area contributed by atoms with Crippen molar-refractivity contribution in [1.29, 1.82) is 0 Å². The van der Waals surface area contributed by atoms with Gasteiger partial charge in [0.1, 0.15) is 24.8 Å². The molecule has 2 N–H and O–H groups in total. The van der Waals surface area contributed by atoms with E-state index >= 15 is 0 Å². The first kappa shape index (κ1) is 22.2. The van der Waals surface area contributed by atoms with Crippen molar-refractivity contribution < 1.29 is 28.6 Å². The highest BCUT2D eigenvalue weighted by molar-refractivity contribution is 9.10. The first-order chi connectivity index (χ1) is 15.4. The molecule has 0 aromatic heterocycles. The molecule has 1 saturated heterocycles. The number of halogens is 2. The maximum Gasteiger partial charge on any atom is 0.407 e. The molecule has 2 aliphatic rings. The number of nitrogens with zero attached hydrogens (tertiary/aromatic N) is 2. The molecule has 0 bridgehead atoms. The normalized spacial score (nSPS) is 17.9. The lowest BCUT2D eigenvalue weighted by Gasteiger charge is -2.36. The number of carboxylic acid groups (broad SMARTS) is 1. The van der Waals surface area contributed by atoms with Crippen LogP contribution in [0.3, 0.4) is 0 Å². The van der Waals surface area contributed by atoms with E-state index in [2.05, 4.69) is 21.2 Å². The van der Waals surface area contributed by atoms with Gasteiger partial charge >= 0.3 is 12.2 Å². The number of hydrogen-bond acceptors (Lipinski definition) is 5. The summed E-state index contributed by atoms with van der Waals surface area (Å²) in [6.45, 7) is 1.94. The van der Waals surface area contributed by atoms with Crippen molar-refractivity contribution in [2.45, 2.75) is 19.1 Å². The second kappa shape index (κ2) is 9.64. The second-order valence-corrected chi connectivity index (χ2v) is 8.47. The van der Waals surface area contributed by atoms with Crippen LogP contribution in [0.25, 0.3) is 0 Å². The van der Waals surface area contributed by atoms with Crippen LogP contribution in [0.2, 0.25) is 0 Å². The summed E-state index contributed by atoms with van der Waals surface area (Å²) >= 11 is 3.53. The lowest BCUT2D eigenvalue weighted by molar-refractivity contribution is 0.128. The second-order valence-electron chi connectivity index (χ2n) is 7.67. The van der Waals surface area contributed by atoms with Crippen molar-refractivity contribution in [3.8, 4) is 5.75 Å². The van der Waals surface area contributed by atoms with Gasteiger partial charge in [0.05, 0.1) is 16.2 Å². The van der Waals surface area contributed by atoms with Crippen molar-refractivity contribution in [3.63, 3.8) is 0 Å². The van der Waals surface area contributed by atoms with E-state index in [0.29, 0.717) is 47.7 Å². The highest BCUT2D eigenvalue weighted by atomic mass is 79.9. The minimum absolute atomic E-state index is 0.148.